The number of rotatable bonds is 3. The van der Waals surface area contributed by atoms with Gasteiger partial charge >= 0.3 is 0 Å². The molecule has 0 saturated carbocycles. The first-order valence-corrected chi connectivity index (χ1v) is 8.52. The van der Waals surface area contributed by atoms with Gasteiger partial charge in [0.25, 0.3) is 0 Å². The van der Waals surface area contributed by atoms with E-state index in [2.05, 4.69) is 33.9 Å². The monoisotopic (exact) mass is 316 g/mol. The quantitative estimate of drug-likeness (QED) is 0.696. The topological polar surface area (TPSA) is 67.7 Å². The zero-order chi connectivity index (χ0) is 15.4. The van der Waals surface area contributed by atoms with Crippen LogP contribution in [0.4, 0.5) is 0 Å². The molecule has 0 aliphatic carbocycles. The molecule has 6 heteroatoms. The van der Waals surface area contributed by atoms with E-state index in [1.807, 2.05) is 23.9 Å². The van der Waals surface area contributed by atoms with E-state index in [0.717, 1.165) is 35.9 Å². The standard InChI is InChI=1S/C16H20N4OS/c1-12-2-4-13(5-3-12)14-10-18-15(21-14)11-19-16(17)20-6-8-22-9-7-20/h2-5,10H,6-9,11H2,1H3,(H2,17,19). The van der Waals surface area contributed by atoms with Crippen molar-refractivity contribution in [1.29, 1.82) is 0 Å². The van der Waals surface area contributed by atoms with Gasteiger partial charge < -0.3 is 15.1 Å². The lowest BCUT2D eigenvalue weighted by Gasteiger charge is -2.27. The maximum Gasteiger partial charge on any atom is 0.216 e. The number of benzene rings is 1. The van der Waals surface area contributed by atoms with E-state index in [1.54, 1.807) is 6.20 Å². The molecule has 0 bridgehead atoms. The lowest BCUT2D eigenvalue weighted by molar-refractivity contribution is 0.451. The number of thioether (sulfide) groups is 1. The first-order chi connectivity index (χ1) is 10.7. The number of hydrogen-bond donors (Lipinski definition) is 1. The van der Waals surface area contributed by atoms with Crippen molar-refractivity contribution in [2.45, 2.75) is 13.5 Å². The highest BCUT2D eigenvalue weighted by molar-refractivity contribution is 7.99. The first kappa shape index (κ1) is 15.0. The van der Waals surface area contributed by atoms with Gasteiger partial charge in [0.15, 0.2) is 11.7 Å². The predicted molar refractivity (Wildman–Crippen MR) is 90.9 cm³/mol. The van der Waals surface area contributed by atoms with Crippen LogP contribution in [0.1, 0.15) is 11.5 Å². The molecule has 2 N–H and O–H groups in total. The first-order valence-electron chi connectivity index (χ1n) is 7.37. The van der Waals surface area contributed by atoms with Gasteiger partial charge in [-0.3, -0.25) is 0 Å². The largest absolute Gasteiger partial charge is 0.439 e. The molecule has 0 amide bonds. The van der Waals surface area contributed by atoms with E-state index < -0.39 is 0 Å². The van der Waals surface area contributed by atoms with Crippen molar-refractivity contribution >= 4 is 17.7 Å². The van der Waals surface area contributed by atoms with Crippen LogP contribution in [0.25, 0.3) is 11.3 Å². The van der Waals surface area contributed by atoms with Gasteiger partial charge in [0.2, 0.25) is 5.89 Å². The summed E-state index contributed by atoms with van der Waals surface area (Å²) in [4.78, 5) is 10.8. The second-order valence-corrected chi connectivity index (χ2v) is 6.48. The summed E-state index contributed by atoms with van der Waals surface area (Å²) >= 11 is 1.95. The van der Waals surface area contributed by atoms with E-state index >= 15 is 0 Å². The van der Waals surface area contributed by atoms with Gasteiger partial charge in [-0.15, -0.1) is 0 Å². The average molecular weight is 316 g/mol. The summed E-state index contributed by atoms with van der Waals surface area (Å²) in [5, 5.41) is 0. The summed E-state index contributed by atoms with van der Waals surface area (Å²) in [6.45, 7) is 4.36. The second-order valence-electron chi connectivity index (χ2n) is 5.26. The minimum absolute atomic E-state index is 0.376. The molecule has 0 atom stereocenters. The highest BCUT2D eigenvalue weighted by Crippen LogP contribution is 2.21. The van der Waals surface area contributed by atoms with Gasteiger partial charge in [-0.2, -0.15) is 11.8 Å². The molecule has 5 nitrogen and oxygen atoms in total. The molecule has 1 fully saturated rings. The van der Waals surface area contributed by atoms with Crippen LogP contribution in [0.5, 0.6) is 0 Å². The van der Waals surface area contributed by atoms with Gasteiger partial charge in [0, 0.05) is 30.2 Å². The van der Waals surface area contributed by atoms with Crippen LogP contribution in [0, 0.1) is 6.92 Å². The smallest absolute Gasteiger partial charge is 0.216 e. The molecule has 22 heavy (non-hydrogen) atoms. The summed E-state index contributed by atoms with van der Waals surface area (Å²) in [5.41, 5.74) is 8.27. The van der Waals surface area contributed by atoms with Crippen molar-refractivity contribution in [2.75, 3.05) is 24.6 Å². The third-order valence-electron chi connectivity index (χ3n) is 3.60. The number of hydrogen-bond acceptors (Lipinski definition) is 4. The normalized spacial score (nSPS) is 16.0. The minimum Gasteiger partial charge on any atom is -0.439 e. The summed E-state index contributed by atoms with van der Waals surface area (Å²) < 4.78 is 5.75. The van der Waals surface area contributed by atoms with Gasteiger partial charge in [-0.25, -0.2) is 9.98 Å². The zero-order valence-electron chi connectivity index (χ0n) is 12.7. The molecule has 1 aliphatic rings. The van der Waals surface area contributed by atoms with E-state index in [1.165, 1.54) is 5.56 Å². The molecule has 1 aliphatic heterocycles. The molecular formula is C16H20N4OS. The highest BCUT2D eigenvalue weighted by atomic mass is 32.2. The molecule has 1 saturated heterocycles. The van der Waals surface area contributed by atoms with Crippen molar-refractivity contribution in [2.24, 2.45) is 10.7 Å². The van der Waals surface area contributed by atoms with Gasteiger partial charge in [-0.1, -0.05) is 29.8 Å². The Bertz CT molecular complexity index is 644. The fourth-order valence-electron chi connectivity index (χ4n) is 2.28. The molecule has 116 valence electrons. The number of nitrogens with two attached hydrogens (primary N) is 1. The lowest BCUT2D eigenvalue weighted by Crippen LogP contribution is -2.42. The van der Waals surface area contributed by atoms with Crippen molar-refractivity contribution < 1.29 is 4.42 Å². The van der Waals surface area contributed by atoms with Gasteiger partial charge in [0.1, 0.15) is 6.54 Å². The van der Waals surface area contributed by atoms with Crippen LogP contribution in [0.2, 0.25) is 0 Å². The molecule has 3 rings (SSSR count). The lowest BCUT2D eigenvalue weighted by atomic mass is 10.1. The number of guanidine groups is 1. The summed E-state index contributed by atoms with van der Waals surface area (Å²) in [7, 11) is 0. The Morgan fingerprint density at radius 1 is 1.32 bits per heavy atom. The summed E-state index contributed by atoms with van der Waals surface area (Å²) in [6, 6.07) is 8.18. The minimum atomic E-state index is 0.376. The fourth-order valence-corrected chi connectivity index (χ4v) is 3.18. The second kappa shape index (κ2) is 6.87. The molecule has 2 aromatic rings. The number of aromatic nitrogens is 1. The Kier molecular flexibility index (Phi) is 4.68. The molecule has 1 aromatic heterocycles. The number of nitrogens with zero attached hydrogens (tertiary/aromatic N) is 3. The van der Waals surface area contributed by atoms with Crippen LogP contribution in [-0.2, 0) is 6.54 Å². The van der Waals surface area contributed by atoms with Crippen molar-refractivity contribution in [1.82, 2.24) is 9.88 Å². The van der Waals surface area contributed by atoms with Gasteiger partial charge in [0.05, 0.1) is 6.20 Å². The predicted octanol–water partition coefficient (Wildman–Crippen LogP) is 2.51. The molecule has 0 unspecified atom stereocenters. The van der Waals surface area contributed by atoms with Crippen LogP contribution in [0.3, 0.4) is 0 Å². The van der Waals surface area contributed by atoms with E-state index in [9.17, 15) is 0 Å². The average Bonchev–Trinajstić information content (AvgIpc) is 3.03. The van der Waals surface area contributed by atoms with Crippen LogP contribution in [-0.4, -0.2) is 40.4 Å². The van der Waals surface area contributed by atoms with E-state index in [-0.39, 0.29) is 0 Å². The Balaban J connectivity index is 1.65. The number of aliphatic imine (C=N–C) groups is 1. The molecule has 1 aromatic carbocycles. The Morgan fingerprint density at radius 3 is 2.77 bits per heavy atom. The van der Waals surface area contributed by atoms with Crippen LogP contribution in [0.15, 0.2) is 39.9 Å². The summed E-state index contributed by atoms with van der Waals surface area (Å²) in [6.07, 6.45) is 1.74. The third kappa shape index (κ3) is 3.62. The maximum atomic E-state index is 6.03. The van der Waals surface area contributed by atoms with E-state index in [4.69, 9.17) is 10.2 Å². The number of aryl methyl sites for hydroxylation is 1. The molecule has 0 radical (unpaired) electrons. The Hall–Kier alpha value is -1.95. The van der Waals surface area contributed by atoms with Crippen molar-refractivity contribution in [3.8, 4) is 11.3 Å². The van der Waals surface area contributed by atoms with Gasteiger partial charge in [-0.05, 0) is 6.92 Å². The van der Waals surface area contributed by atoms with Crippen molar-refractivity contribution in [3.05, 3.63) is 41.9 Å². The molecular weight excluding hydrogens is 296 g/mol. The van der Waals surface area contributed by atoms with Crippen LogP contribution < -0.4 is 5.73 Å². The van der Waals surface area contributed by atoms with Crippen molar-refractivity contribution in [3.63, 3.8) is 0 Å². The number of oxazole rings is 1. The van der Waals surface area contributed by atoms with Crippen LogP contribution >= 0.6 is 11.8 Å². The third-order valence-corrected chi connectivity index (χ3v) is 4.54. The Morgan fingerprint density at radius 2 is 2.05 bits per heavy atom. The molecule has 2 heterocycles. The highest BCUT2D eigenvalue weighted by Gasteiger charge is 2.12. The zero-order valence-corrected chi connectivity index (χ0v) is 13.5. The SMILES string of the molecule is Cc1ccc(-c2cnc(CN=C(N)N3CCSCC3)o2)cc1. The Labute approximate surface area is 134 Å². The van der Waals surface area contributed by atoms with E-state index in [0.29, 0.717) is 18.4 Å². The molecule has 0 spiro atoms. The maximum absolute atomic E-state index is 6.03. The fraction of sp³-hybridized carbons (Fsp3) is 0.375. The summed E-state index contributed by atoms with van der Waals surface area (Å²) in [5.74, 6) is 4.14.